The second-order valence-electron chi connectivity index (χ2n) is 4.42. The largest absolute Gasteiger partial charge is 0.469 e. The highest BCUT2D eigenvalue weighted by atomic mass is 16.5. The van der Waals surface area contributed by atoms with Crippen LogP contribution in [-0.4, -0.2) is 18.9 Å². The molecule has 3 heteroatoms. The highest BCUT2D eigenvalue weighted by Crippen LogP contribution is 2.27. The van der Waals surface area contributed by atoms with E-state index in [1.807, 2.05) is 6.92 Å². The number of ketones is 1. The molecule has 1 fully saturated rings. The molecule has 0 N–H and O–H groups in total. The van der Waals surface area contributed by atoms with E-state index in [1.165, 1.54) is 13.5 Å². The van der Waals surface area contributed by atoms with Crippen LogP contribution in [0.5, 0.6) is 0 Å². The number of hydrogen-bond donors (Lipinski definition) is 0. The lowest BCUT2D eigenvalue weighted by molar-refractivity contribution is -0.144. The van der Waals surface area contributed by atoms with Crippen LogP contribution in [0.15, 0.2) is 0 Å². The quantitative estimate of drug-likeness (QED) is 0.672. The topological polar surface area (TPSA) is 43.4 Å². The summed E-state index contributed by atoms with van der Waals surface area (Å²) in [5, 5.41) is 0. The first-order chi connectivity index (χ1) is 7.15. The maximum atomic E-state index is 11.9. The molecule has 0 bridgehead atoms. The number of esters is 1. The van der Waals surface area contributed by atoms with Crippen LogP contribution in [0.1, 0.15) is 45.4 Å². The average Bonchev–Trinajstić information content (AvgIpc) is 2.29. The van der Waals surface area contributed by atoms with Gasteiger partial charge in [0.15, 0.2) is 0 Å². The molecular formula is C12H20O3. The summed E-state index contributed by atoms with van der Waals surface area (Å²) in [6.45, 7) is 1.83. The van der Waals surface area contributed by atoms with Crippen molar-refractivity contribution in [2.45, 2.75) is 45.4 Å². The number of rotatable bonds is 4. The van der Waals surface area contributed by atoms with E-state index in [0.29, 0.717) is 0 Å². The van der Waals surface area contributed by atoms with Gasteiger partial charge in [0.1, 0.15) is 5.78 Å². The van der Waals surface area contributed by atoms with Crippen molar-refractivity contribution in [3.8, 4) is 0 Å². The summed E-state index contributed by atoms with van der Waals surface area (Å²) in [4.78, 5) is 23.0. The van der Waals surface area contributed by atoms with Crippen LogP contribution in [0.25, 0.3) is 0 Å². The minimum Gasteiger partial charge on any atom is -0.469 e. The summed E-state index contributed by atoms with van der Waals surface area (Å²) in [5.41, 5.74) is 0. The Hall–Kier alpha value is -0.860. The Balaban J connectivity index is 2.40. The van der Waals surface area contributed by atoms with E-state index < -0.39 is 0 Å². The molecule has 1 atom stereocenters. The summed E-state index contributed by atoms with van der Waals surface area (Å²) >= 11 is 0. The molecule has 1 aliphatic carbocycles. The molecule has 3 nitrogen and oxygen atoms in total. The monoisotopic (exact) mass is 212 g/mol. The molecule has 0 spiro atoms. The molecule has 86 valence electrons. The lowest BCUT2D eigenvalue weighted by Gasteiger charge is -2.22. The maximum Gasteiger partial charge on any atom is 0.306 e. The van der Waals surface area contributed by atoms with Crippen molar-refractivity contribution < 1.29 is 14.3 Å². The van der Waals surface area contributed by atoms with Gasteiger partial charge in [-0.3, -0.25) is 9.59 Å². The van der Waals surface area contributed by atoms with Crippen molar-refractivity contribution >= 4 is 11.8 Å². The van der Waals surface area contributed by atoms with Gasteiger partial charge in [-0.25, -0.2) is 0 Å². The van der Waals surface area contributed by atoms with E-state index in [-0.39, 0.29) is 30.0 Å². The molecule has 0 amide bonds. The third kappa shape index (κ3) is 3.65. The van der Waals surface area contributed by atoms with Gasteiger partial charge in [-0.2, -0.15) is 0 Å². The smallest absolute Gasteiger partial charge is 0.306 e. The molecule has 15 heavy (non-hydrogen) atoms. The number of methoxy groups -OCH3 is 1. The van der Waals surface area contributed by atoms with E-state index in [4.69, 9.17) is 0 Å². The lowest BCUT2D eigenvalue weighted by Crippen LogP contribution is -2.25. The van der Waals surface area contributed by atoms with Crippen molar-refractivity contribution in [2.24, 2.45) is 11.8 Å². The van der Waals surface area contributed by atoms with Crippen LogP contribution in [0.2, 0.25) is 0 Å². The average molecular weight is 212 g/mol. The highest BCUT2D eigenvalue weighted by molar-refractivity contribution is 5.86. The van der Waals surface area contributed by atoms with Crippen molar-refractivity contribution in [2.75, 3.05) is 7.11 Å². The molecular weight excluding hydrogens is 192 g/mol. The molecule has 1 unspecified atom stereocenters. The molecule has 0 saturated heterocycles. The zero-order valence-electron chi connectivity index (χ0n) is 9.62. The van der Waals surface area contributed by atoms with Gasteiger partial charge in [0.25, 0.3) is 0 Å². The molecule has 0 aromatic heterocycles. The van der Waals surface area contributed by atoms with Crippen LogP contribution in [0.3, 0.4) is 0 Å². The van der Waals surface area contributed by atoms with Gasteiger partial charge in [0, 0.05) is 11.8 Å². The Kier molecular flexibility index (Phi) is 4.79. The van der Waals surface area contributed by atoms with Crippen LogP contribution in [0, 0.1) is 11.8 Å². The number of carbonyl (C=O) groups is 2. The fourth-order valence-electron chi connectivity index (χ4n) is 2.22. The Morgan fingerprint density at radius 2 is 1.87 bits per heavy atom. The van der Waals surface area contributed by atoms with E-state index in [2.05, 4.69) is 4.74 Å². The number of carbonyl (C=O) groups excluding carboxylic acids is 2. The van der Waals surface area contributed by atoms with Gasteiger partial charge in [-0.05, 0) is 12.8 Å². The Labute approximate surface area is 91.2 Å². The van der Waals surface area contributed by atoms with E-state index in [0.717, 1.165) is 25.7 Å². The van der Waals surface area contributed by atoms with Gasteiger partial charge in [-0.1, -0.05) is 26.2 Å². The zero-order chi connectivity index (χ0) is 11.3. The summed E-state index contributed by atoms with van der Waals surface area (Å²) in [5.74, 6) is -0.0225. The van der Waals surface area contributed by atoms with Gasteiger partial charge in [0.05, 0.1) is 13.5 Å². The molecule has 0 aliphatic heterocycles. The minimum atomic E-state index is -0.286. The predicted octanol–water partition coefficient (Wildman–Crippen LogP) is 2.33. The van der Waals surface area contributed by atoms with Gasteiger partial charge in [-0.15, -0.1) is 0 Å². The SMILES string of the molecule is COC(=O)CC(C)C(=O)C1CCCCC1. The summed E-state index contributed by atoms with van der Waals surface area (Å²) in [7, 11) is 1.36. The normalized spacial score (nSPS) is 19.6. The summed E-state index contributed by atoms with van der Waals surface area (Å²) in [6.07, 6.45) is 5.79. The standard InChI is InChI=1S/C12H20O3/c1-9(8-11(13)15-2)12(14)10-6-4-3-5-7-10/h9-10H,3-8H2,1-2H3. The lowest BCUT2D eigenvalue weighted by atomic mass is 9.81. The highest BCUT2D eigenvalue weighted by Gasteiger charge is 2.26. The Bertz CT molecular complexity index is 229. The van der Waals surface area contributed by atoms with Crippen LogP contribution >= 0.6 is 0 Å². The molecule has 0 radical (unpaired) electrons. The minimum absolute atomic E-state index is 0.180. The number of hydrogen-bond acceptors (Lipinski definition) is 3. The molecule has 1 aliphatic rings. The molecule has 0 aromatic carbocycles. The van der Waals surface area contributed by atoms with Gasteiger partial charge < -0.3 is 4.74 Å². The third-order valence-corrected chi connectivity index (χ3v) is 3.19. The fourth-order valence-corrected chi connectivity index (χ4v) is 2.22. The molecule has 0 heterocycles. The first-order valence-electron chi connectivity index (χ1n) is 5.75. The van der Waals surface area contributed by atoms with Crippen LogP contribution in [-0.2, 0) is 14.3 Å². The molecule has 0 aromatic rings. The van der Waals surface area contributed by atoms with Crippen molar-refractivity contribution in [1.29, 1.82) is 0 Å². The third-order valence-electron chi connectivity index (χ3n) is 3.19. The number of ether oxygens (including phenoxy) is 1. The van der Waals surface area contributed by atoms with Gasteiger partial charge >= 0.3 is 5.97 Å². The first-order valence-corrected chi connectivity index (χ1v) is 5.75. The second kappa shape index (κ2) is 5.89. The van der Waals surface area contributed by atoms with Crippen molar-refractivity contribution in [3.63, 3.8) is 0 Å². The maximum absolute atomic E-state index is 11.9. The van der Waals surface area contributed by atoms with E-state index >= 15 is 0 Å². The van der Waals surface area contributed by atoms with Crippen molar-refractivity contribution in [3.05, 3.63) is 0 Å². The summed E-state index contributed by atoms with van der Waals surface area (Å²) < 4.78 is 4.57. The summed E-state index contributed by atoms with van der Waals surface area (Å²) in [6, 6.07) is 0. The van der Waals surface area contributed by atoms with Crippen molar-refractivity contribution in [1.82, 2.24) is 0 Å². The predicted molar refractivity (Wildman–Crippen MR) is 57.4 cm³/mol. The second-order valence-corrected chi connectivity index (χ2v) is 4.42. The Morgan fingerprint density at radius 3 is 2.40 bits per heavy atom. The molecule has 1 saturated carbocycles. The first kappa shape index (κ1) is 12.2. The van der Waals surface area contributed by atoms with E-state index in [9.17, 15) is 9.59 Å². The Morgan fingerprint density at radius 1 is 1.27 bits per heavy atom. The van der Waals surface area contributed by atoms with Crippen LogP contribution < -0.4 is 0 Å². The number of Topliss-reactive ketones (excluding diaryl/α,β-unsaturated/α-hetero) is 1. The van der Waals surface area contributed by atoms with Crippen LogP contribution in [0.4, 0.5) is 0 Å². The van der Waals surface area contributed by atoms with E-state index in [1.54, 1.807) is 0 Å². The fraction of sp³-hybridized carbons (Fsp3) is 0.833. The van der Waals surface area contributed by atoms with Gasteiger partial charge in [0.2, 0.25) is 0 Å². The molecule has 1 rings (SSSR count). The zero-order valence-corrected chi connectivity index (χ0v) is 9.62.